The fraction of sp³-hybridized carbons (Fsp3) is 0.250. The fourth-order valence-electron chi connectivity index (χ4n) is 4.30. The number of rotatable bonds is 5. The van der Waals surface area contributed by atoms with Crippen LogP contribution in [0.5, 0.6) is 5.75 Å². The van der Waals surface area contributed by atoms with Crippen LogP contribution in [0.4, 0.5) is 10.2 Å². The smallest absolute Gasteiger partial charge is 0.257 e. The van der Waals surface area contributed by atoms with Gasteiger partial charge in [-0.3, -0.25) is 4.79 Å². The fourth-order valence-corrected chi connectivity index (χ4v) is 4.60. The summed E-state index contributed by atoms with van der Waals surface area (Å²) in [7, 11) is 1.56. The van der Waals surface area contributed by atoms with E-state index < -0.39 is 0 Å². The number of ether oxygens (including phenoxy) is 1. The highest BCUT2D eigenvalue weighted by molar-refractivity contribution is 6.31. The molecule has 1 N–H and O–H groups in total. The quantitative estimate of drug-likeness (QED) is 0.445. The lowest BCUT2D eigenvalue weighted by Gasteiger charge is -2.25. The summed E-state index contributed by atoms with van der Waals surface area (Å²) in [5, 5.41) is 11.7. The van der Waals surface area contributed by atoms with Gasteiger partial charge in [0.15, 0.2) is 5.82 Å². The molecule has 0 fully saturated rings. The Morgan fingerprint density at radius 2 is 2.12 bits per heavy atom. The third-order valence-electron chi connectivity index (χ3n) is 5.96. The molecule has 5 rings (SSSR count). The summed E-state index contributed by atoms with van der Waals surface area (Å²) in [4.78, 5) is 17.3. The van der Waals surface area contributed by atoms with Gasteiger partial charge in [-0.05, 0) is 62.1 Å². The van der Waals surface area contributed by atoms with Gasteiger partial charge in [0.25, 0.3) is 5.91 Å². The molecule has 1 aliphatic rings. The van der Waals surface area contributed by atoms with Crippen molar-refractivity contribution in [2.24, 2.45) is 0 Å². The van der Waals surface area contributed by atoms with Crippen LogP contribution in [0.2, 0.25) is 5.02 Å². The van der Waals surface area contributed by atoms with Gasteiger partial charge in [-0.2, -0.15) is 0 Å². The molecule has 0 radical (unpaired) electrons. The molecule has 34 heavy (non-hydrogen) atoms. The molecule has 8 nitrogen and oxygen atoms in total. The van der Waals surface area contributed by atoms with Crippen LogP contribution in [0.15, 0.2) is 48.9 Å². The number of benzene rings is 2. The summed E-state index contributed by atoms with van der Waals surface area (Å²) >= 11 is 6.30. The molecule has 2 aromatic heterocycles. The van der Waals surface area contributed by atoms with Gasteiger partial charge < -0.3 is 14.6 Å². The molecule has 4 aromatic rings. The van der Waals surface area contributed by atoms with Crippen molar-refractivity contribution in [2.45, 2.75) is 32.2 Å². The van der Waals surface area contributed by atoms with Crippen molar-refractivity contribution in [3.63, 3.8) is 0 Å². The monoisotopic (exact) mass is 480 g/mol. The number of fused-ring (bicyclic) bond motifs is 1. The molecule has 1 unspecified atom stereocenters. The number of carbonyl (C=O) groups excluding carboxylic acids is 1. The van der Waals surface area contributed by atoms with Gasteiger partial charge in [-0.15, -0.1) is 5.10 Å². The van der Waals surface area contributed by atoms with Crippen molar-refractivity contribution >= 4 is 23.3 Å². The SMILES string of the molecule is COc1cc(C(=O)Nc2nnn3c2CCCC3c2ccc(F)cc2Cl)ccc1-n1cnc(C)c1. The third kappa shape index (κ3) is 4.03. The van der Waals surface area contributed by atoms with Crippen molar-refractivity contribution in [3.05, 3.63) is 82.3 Å². The van der Waals surface area contributed by atoms with E-state index >= 15 is 0 Å². The van der Waals surface area contributed by atoms with Gasteiger partial charge in [-0.1, -0.05) is 22.9 Å². The van der Waals surface area contributed by atoms with Gasteiger partial charge in [-0.25, -0.2) is 14.1 Å². The summed E-state index contributed by atoms with van der Waals surface area (Å²) in [6, 6.07) is 9.39. The van der Waals surface area contributed by atoms with E-state index in [9.17, 15) is 9.18 Å². The summed E-state index contributed by atoms with van der Waals surface area (Å²) in [6.45, 7) is 1.90. The van der Waals surface area contributed by atoms with Crippen LogP contribution in [0.3, 0.4) is 0 Å². The molecule has 1 aliphatic heterocycles. The van der Waals surface area contributed by atoms with Crippen molar-refractivity contribution in [2.75, 3.05) is 12.4 Å². The zero-order chi connectivity index (χ0) is 23.8. The number of anilines is 1. The Kier molecular flexibility index (Phi) is 5.79. The molecule has 0 spiro atoms. The minimum absolute atomic E-state index is 0.173. The number of aryl methyl sites for hydroxylation is 1. The average molecular weight is 481 g/mol. The topological polar surface area (TPSA) is 86.9 Å². The highest BCUT2D eigenvalue weighted by Crippen LogP contribution is 2.36. The first-order valence-electron chi connectivity index (χ1n) is 10.8. The Hall–Kier alpha value is -3.72. The molecule has 0 saturated carbocycles. The molecular weight excluding hydrogens is 459 g/mol. The van der Waals surface area contributed by atoms with Crippen LogP contribution in [0.1, 0.15) is 46.2 Å². The molecule has 1 atom stereocenters. The first-order chi connectivity index (χ1) is 16.4. The van der Waals surface area contributed by atoms with Crippen LogP contribution in [0.25, 0.3) is 5.69 Å². The molecule has 3 heterocycles. The third-order valence-corrected chi connectivity index (χ3v) is 6.29. The number of aromatic nitrogens is 5. The van der Waals surface area contributed by atoms with Crippen molar-refractivity contribution in [1.82, 2.24) is 24.5 Å². The number of carbonyl (C=O) groups is 1. The Balaban J connectivity index is 1.40. The number of nitrogens with zero attached hydrogens (tertiary/aromatic N) is 5. The van der Waals surface area contributed by atoms with Gasteiger partial charge in [0.05, 0.1) is 36.6 Å². The molecule has 0 aliphatic carbocycles. The number of imidazole rings is 1. The zero-order valence-electron chi connectivity index (χ0n) is 18.6. The van der Waals surface area contributed by atoms with Crippen LogP contribution < -0.4 is 10.1 Å². The maximum Gasteiger partial charge on any atom is 0.257 e. The number of amides is 1. The first kappa shape index (κ1) is 22.1. The predicted octanol–water partition coefficient (Wildman–Crippen LogP) is 4.75. The maximum atomic E-state index is 13.5. The van der Waals surface area contributed by atoms with Crippen LogP contribution in [0, 0.1) is 12.7 Å². The van der Waals surface area contributed by atoms with E-state index in [2.05, 4.69) is 20.6 Å². The predicted molar refractivity (Wildman–Crippen MR) is 125 cm³/mol. The van der Waals surface area contributed by atoms with Crippen molar-refractivity contribution in [3.8, 4) is 11.4 Å². The van der Waals surface area contributed by atoms with E-state index in [4.69, 9.17) is 16.3 Å². The molecule has 0 saturated heterocycles. The average Bonchev–Trinajstić information content (AvgIpc) is 3.45. The van der Waals surface area contributed by atoms with E-state index in [1.807, 2.05) is 23.8 Å². The normalized spacial score (nSPS) is 15.1. The number of hydrogen-bond acceptors (Lipinski definition) is 5. The Labute approximate surface area is 200 Å². The molecule has 174 valence electrons. The first-order valence-corrected chi connectivity index (χ1v) is 11.2. The molecule has 10 heteroatoms. The summed E-state index contributed by atoms with van der Waals surface area (Å²) in [5.41, 5.74) is 3.67. The van der Waals surface area contributed by atoms with Gasteiger partial charge >= 0.3 is 0 Å². The summed E-state index contributed by atoms with van der Waals surface area (Å²) < 4.78 is 22.6. The molecule has 2 aromatic carbocycles. The second-order valence-corrected chi connectivity index (χ2v) is 8.57. The Morgan fingerprint density at radius 1 is 1.26 bits per heavy atom. The van der Waals surface area contributed by atoms with Crippen LogP contribution >= 0.6 is 11.6 Å². The minimum Gasteiger partial charge on any atom is -0.495 e. The number of hydrogen-bond donors (Lipinski definition) is 1. The lowest BCUT2D eigenvalue weighted by Crippen LogP contribution is -2.21. The lowest BCUT2D eigenvalue weighted by molar-refractivity contribution is 0.102. The Bertz CT molecular complexity index is 1380. The van der Waals surface area contributed by atoms with Gasteiger partial charge in [0.2, 0.25) is 0 Å². The Morgan fingerprint density at radius 3 is 2.85 bits per heavy atom. The maximum absolute atomic E-state index is 13.5. The standard InChI is InChI=1S/C24H22ClFN6O2/c1-14-12-31(13-27-14)20-9-6-15(10-22(20)34-2)24(33)28-23-21-5-3-4-19(32(21)30-29-23)17-8-7-16(26)11-18(17)25/h6-13,19H,3-5H2,1-2H3,(H,28,33). The lowest BCUT2D eigenvalue weighted by atomic mass is 9.96. The van der Waals surface area contributed by atoms with Crippen LogP contribution in [-0.4, -0.2) is 37.6 Å². The highest BCUT2D eigenvalue weighted by Gasteiger charge is 2.28. The van der Waals surface area contributed by atoms with Gasteiger partial charge in [0, 0.05) is 16.8 Å². The largest absolute Gasteiger partial charge is 0.495 e. The van der Waals surface area contributed by atoms with Crippen molar-refractivity contribution in [1.29, 1.82) is 0 Å². The minimum atomic E-state index is -0.388. The van der Waals surface area contributed by atoms with E-state index in [1.54, 1.807) is 36.3 Å². The number of halogens is 2. The van der Waals surface area contributed by atoms with E-state index in [1.165, 1.54) is 12.1 Å². The highest BCUT2D eigenvalue weighted by atomic mass is 35.5. The van der Waals surface area contributed by atoms with Crippen molar-refractivity contribution < 1.29 is 13.9 Å². The second kappa shape index (κ2) is 8.90. The second-order valence-electron chi connectivity index (χ2n) is 8.17. The number of methoxy groups -OCH3 is 1. The summed E-state index contributed by atoms with van der Waals surface area (Å²) in [5.74, 6) is 0.236. The van der Waals surface area contributed by atoms with Gasteiger partial charge in [0.1, 0.15) is 11.6 Å². The van der Waals surface area contributed by atoms with E-state index in [-0.39, 0.29) is 17.8 Å². The zero-order valence-corrected chi connectivity index (χ0v) is 19.4. The number of nitrogens with one attached hydrogen (secondary N) is 1. The molecule has 1 amide bonds. The molecule has 0 bridgehead atoms. The molecular formula is C24H22ClFN6O2. The van der Waals surface area contributed by atoms with E-state index in [0.29, 0.717) is 28.6 Å². The summed E-state index contributed by atoms with van der Waals surface area (Å²) in [6.07, 6.45) is 5.94. The van der Waals surface area contributed by atoms with E-state index in [0.717, 1.165) is 35.5 Å². The van der Waals surface area contributed by atoms with Crippen LogP contribution in [-0.2, 0) is 6.42 Å².